The molecule has 1 N–H and O–H groups in total. The predicted octanol–water partition coefficient (Wildman–Crippen LogP) is 12.3. The summed E-state index contributed by atoms with van der Waals surface area (Å²) in [5, 5.41) is 3.89. The van der Waals surface area contributed by atoms with Crippen molar-refractivity contribution in [3.05, 3.63) is 132 Å². The second-order valence-corrected chi connectivity index (χ2v) is 14.9. The van der Waals surface area contributed by atoms with E-state index in [1.807, 2.05) is 0 Å². The molecule has 1 nitrogen and oxygen atoms in total. The summed E-state index contributed by atoms with van der Waals surface area (Å²) >= 11 is 0. The van der Waals surface area contributed by atoms with Gasteiger partial charge in [-0.3, -0.25) is 0 Å². The van der Waals surface area contributed by atoms with Crippen LogP contribution in [0.5, 0.6) is 0 Å². The van der Waals surface area contributed by atoms with Gasteiger partial charge in [-0.25, -0.2) is 0 Å². The zero-order valence-corrected chi connectivity index (χ0v) is 27.5. The summed E-state index contributed by atoms with van der Waals surface area (Å²) in [5.41, 5.74) is 13.7. The molecule has 0 spiro atoms. The second-order valence-electron chi connectivity index (χ2n) is 14.9. The molecule has 0 aliphatic carbocycles. The lowest BCUT2D eigenvalue weighted by atomic mass is 9.81. The third-order valence-electron chi connectivity index (χ3n) is 8.34. The fourth-order valence-electron chi connectivity index (χ4n) is 5.49. The average molecular weight is 566 g/mol. The molecule has 0 amide bonds. The van der Waals surface area contributed by atoms with Crippen LogP contribution in [-0.4, -0.2) is 0 Å². The molecule has 0 bridgehead atoms. The Labute approximate surface area is 260 Å². The van der Waals surface area contributed by atoms with Gasteiger partial charge in [0.05, 0.1) is 5.69 Å². The molecular weight excluding hydrogens is 518 g/mol. The van der Waals surface area contributed by atoms with E-state index in [1.165, 1.54) is 50.1 Å². The molecule has 0 aliphatic heterocycles. The molecule has 220 valence electrons. The van der Waals surface area contributed by atoms with E-state index in [1.54, 1.807) is 0 Å². The van der Waals surface area contributed by atoms with Crippen LogP contribution in [0.4, 0.5) is 11.4 Å². The summed E-state index contributed by atoms with van der Waals surface area (Å²) in [7, 11) is 0. The summed E-state index contributed by atoms with van der Waals surface area (Å²) in [6.07, 6.45) is 0. The molecule has 43 heavy (non-hydrogen) atoms. The number of anilines is 2. The topological polar surface area (TPSA) is 12.0 Å². The number of hydrogen-bond donors (Lipinski definition) is 1. The smallest absolute Gasteiger partial charge is 0.0543 e. The highest BCUT2D eigenvalue weighted by molar-refractivity contribution is 5.94. The normalized spacial score (nSPS) is 12.3. The van der Waals surface area contributed by atoms with Gasteiger partial charge < -0.3 is 5.32 Å². The predicted molar refractivity (Wildman–Crippen MR) is 189 cm³/mol. The highest BCUT2D eigenvalue weighted by atomic mass is 14.9. The summed E-state index contributed by atoms with van der Waals surface area (Å²) in [5.74, 6) is 0. The van der Waals surface area contributed by atoms with E-state index >= 15 is 0 Å². The van der Waals surface area contributed by atoms with E-state index in [0.29, 0.717) is 0 Å². The third kappa shape index (κ3) is 6.94. The average Bonchev–Trinajstić information content (AvgIpc) is 2.97. The highest BCUT2D eigenvalue weighted by Gasteiger charge is 2.22. The Balaban J connectivity index is 1.65. The Hall–Kier alpha value is -4.10. The Morgan fingerprint density at radius 3 is 1.37 bits per heavy atom. The standard InChI is InChI=1S/C42H47N/c1-40(2,3)33-19-13-17-31(25-33)29-21-23-36(24-22-29)43-39-37(30-15-11-10-12-16-30)27-35(42(7,8)9)28-38(39)32-18-14-20-34(26-32)41(4,5)6/h10-28,43H,1-9H3. The lowest BCUT2D eigenvalue weighted by molar-refractivity contribution is 0.589. The third-order valence-corrected chi connectivity index (χ3v) is 8.34. The first kappa shape index (κ1) is 30.4. The molecule has 0 aliphatic rings. The van der Waals surface area contributed by atoms with Crippen molar-refractivity contribution in [2.75, 3.05) is 5.32 Å². The van der Waals surface area contributed by atoms with Crippen molar-refractivity contribution >= 4 is 11.4 Å². The quantitative estimate of drug-likeness (QED) is 0.223. The van der Waals surface area contributed by atoms with Gasteiger partial charge in [-0.1, -0.05) is 153 Å². The van der Waals surface area contributed by atoms with Gasteiger partial charge in [-0.15, -0.1) is 0 Å². The first-order chi connectivity index (χ1) is 20.2. The minimum absolute atomic E-state index is 0.00167. The summed E-state index contributed by atoms with van der Waals surface area (Å²) < 4.78 is 0. The molecule has 5 aromatic carbocycles. The van der Waals surface area contributed by atoms with Crippen LogP contribution < -0.4 is 5.32 Å². The summed E-state index contributed by atoms with van der Waals surface area (Å²) in [6.45, 7) is 20.5. The van der Waals surface area contributed by atoms with E-state index in [9.17, 15) is 0 Å². The molecule has 0 fully saturated rings. The van der Waals surface area contributed by atoms with Gasteiger partial charge in [-0.2, -0.15) is 0 Å². The van der Waals surface area contributed by atoms with Crippen LogP contribution in [0.3, 0.4) is 0 Å². The molecule has 0 aromatic heterocycles. The molecule has 0 unspecified atom stereocenters. The molecule has 0 saturated heterocycles. The van der Waals surface area contributed by atoms with Crippen LogP contribution in [0.2, 0.25) is 0 Å². The molecule has 0 radical (unpaired) electrons. The van der Waals surface area contributed by atoms with E-state index in [0.717, 1.165) is 11.4 Å². The molecule has 0 atom stereocenters. The first-order valence-corrected chi connectivity index (χ1v) is 15.5. The Kier molecular flexibility index (Phi) is 8.14. The molecule has 5 rings (SSSR count). The van der Waals surface area contributed by atoms with Crippen molar-refractivity contribution in [1.82, 2.24) is 0 Å². The van der Waals surface area contributed by atoms with Crippen LogP contribution in [0.25, 0.3) is 33.4 Å². The Morgan fingerprint density at radius 2 is 0.837 bits per heavy atom. The van der Waals surface area contributed by atoms with Gasteiger partial charge in [0, 0.05) is 16.8 Å². The van der Waals surface area contributed by atoms with Crippen LogP contribution >= 0.6 is 0 Å². The monoisotopic (exact) mass is 565 g/mol. The number of nitrogens with one attached hydrogen (secondary N) is 1. The summed E-state index contributed by atoms with van der Waals surface area (Å²) in [4.78, 5) is 0. The molecule has 5 aromatic rings. The zero-order chi connectivity index (χ0) is 31.0. The minimum Gasteiger partial charge on any atom is -0.355 e. The SMILES string of the molecule is CC(C)(C)c1cccc(-c2ccc(Nc3c(-c4ccccc4)cc(C(C)(C)C)cc3-c3cccc(C(C)(C)C)c3)cc2)c1. The maximum Gasteiger partial charge on any atom is 0.0543 e. The van der Waals surface area contributed by atoms with E-state index in [2.05, 4.69) is 183 Å². The zero-order valence-electron chi connectivity index (χ0n) is 27.5. The van der Waals surface area contributed by atoms with Gasteiger partial charge in [-0.05, 0) is 79.5 Å². The van der Waals surface area contributed by atoms with Crippen LogP contribution in [0, 0.1) is 0 Å². The largest absolute Gasteiger partial charge is 0.355 e. The van der Waals surface area contributed by atoms with Crippen molar-refractivity contribution in [3.63, 3.8) is 0 Å². The van der Waals surface area contributed by atoms with Crippen molar-refractivity contribution in [1.29, 1.82) is 0 Å². The van der Waals surface area contributed by atoms with Crippen LogP contribution in [-0.2, 0) is 16.2 Å². The Morgan fingerprint density at radius 1 is 0.372 bits per heavy atom. The number of hydrogen-bond acceptors (Lipinski definition) is 1. The minimum atomic E-state index is 0.00167. The van der Waals surface area contributed by atoms with Gasteiger partial charge in [0.1, 0.15) is 0 Å². The van der Waals surface area contributed by atoms with Crippen molar-refractivity contribution in [3.8, 4) is 33.4 Å². The molecular formula is C42H47N. The maximum absolute atomic E-state index is 3.89. The highest BCUT2D eigenvalue weighted by Crippen LogP contribution is 2.43. The first-order valence-electron chi connectivity index (χ1n) is 15.5. The fourth-order valence-corrected chi connectivity index (χ4v) is 5.49. The van der Waals surface area contributed by atoms with E-state index in [4.69, 9.17) is 0 Å². The van der Waals surface area contributed by atoms with Crippen LogP contribution in [0.15, 0.2) is 115 Å². The molecule has 1 heteroatoms. The molecule has 0 heterocycles. The van der Waals surface area contributed by atoms with Crippen molar-refractivity contribution in [2.45, 2.75) is 78.6 Å². The number of benzene rings is 5. The van der Waals surface area contributed by atoms with Gasteiger partial charge in [0.2, 0.25) is 0 Å². The molecule has 0 saturated carbocycles. The van der Waals surface area contributed by atoms with Crippen molar-refractivity contribution in [2.24, 2.45) is 0 Å². The van der Waals surface area contributed by atoms with Crippen molar-refractivity contribution < 1.29 is 0 Å². The lowest BCUT2D eigenvalue weighted by Crippen LogP contribution is -2.13. The Bertz CT molecular complexity index is 1700. The van der Waals surface area contributed by atoms with Gasteiger partial charge >= 0.3 is 0 Å². The summed E-state index contributed by atoms with van der Waals surface area (Å²) in [6, 6.07) is 42.4. The second kappa shape index (κ2) is 11.5. The fraction of sp³-hybridized carbons (Fsp3) is 0.286. The maximum atomic E-state index is 3.89. The van der Waals surface area contributed by atoms with Gasteiger partial charge in [0.15, 0.2) is 0 Å². The number of rotatable bonds is 5. The van der Waals surface area contributed by atoms with E-state index in [-0.39, 0.29) is 16.2 Å². The lowest BCUT2D eigenvalue weighted by Gasteiger charge is -2.26. The van der Waals surface area contributed by atoms with Crippen LogP contribution in [0.1, 0.15) is 79.0 Å². The van der Waals surface area contributed by atoms with Gasteiger partial charge in [0.25, 0.3) is 0 Å². The van der Waals surface area contributed by atoms with E-state index < -0.39 is 0 Å².